The van der Waals surface area contributed by atoms with Crippen molar-refractivity contribution in [3.8, 4) is 11.8 Å². The fourth-order valence-electron chi connectivity index (χ4n) is 3.84. The van der Waals surface area contributed by atoms with Gasteiger partial charge in [-0.25, -0.2) is 5.26 Å². The van der Waals surface area contributed by atoms with Gasteiger partial charge in [0.15, 0.2) is 13.7 Å². The van der Waals surface area contributed by atoms with E-state index in [0.29, 0.717) is 18.6 Å². The zero-order valence-corrected chi connectivity index (χ0v) is 23.0. The molecule has 0 aliphatic carbocycles. The van der Waals surface area contributed by atoms with Gasteiger partial charge in [0.1, 0.15) is 5.78 Å². The van der Waals surface area contributed by atoms with Crippen LogP contribution in [-0.2, 0) is 17.9 Å². The van der Waals surface area contributed by atoms with Crippen molar-refractivity contribution in [1.82, 2.24) is 9.80 Å². The van der Waals surface area contributed by atoms with E-state index >= 15 is 0 Å². The van der Waals surface area contributed by atoms with Crippen LogP contribution in [0.2, 0.25) is 19.6 Å². The van der Waals surface area contributed by atoms with E-state index < -0.39 is 13.7 Å². The molecule has 0 radical (unpaired) electrons. The molecule has 0 saturated carbocycles. The molecule has 2 aliphatic heterocycles. The molecule has 2 aromatic rings. The zero-order chi connectivity index (χ0) is 26.4. The summed E-state index contributed by atoms with van der Waals surface area (Å²) >= 11 is 0. The number of carbonyl (C=O) groups is 1. The second-order valence-corrected chi connectivity index (χ2v) is 15.3. The van der Waals surface area contributed by atoms with Crippen LogP contribution in [0.1, 0.15) is 36.8 Å². The molecule has 2 aliphatic rings. The predicted octanol–water partition coefficient (Wildman–Crippen LogP) is 4.78. The molecule has 7 heteroatoms. The molecule has 2 fully saturated rings. The second-order valence-electron chi connectivity index (χ2n) is 10.6. The molecule has 2 aromatic carbocycles. The SMILES string of the molecule is C[Si](C)(C)C#N.N#CC1(O)CCN(Cc2ccccc2)CC1.O=C1CCN(Cc2ccccc2)CC1. The van der Waals surface area contributed by atoms with Crippen LogP contribution in [0.25, 0.3) is 0 Å². The van der Waals surface area contributed by atoms with E-state index in [1.54, 1.807) is 0 Å². The highest BCUT2D eigenvalue weighted by atomic mass is 28.3. The van der Waals surface area contributed by atoms with Crippen LogP contribution in [0.4, 0.5) is 0 Å². The maximum Gasteiger partial charge on any atom is 0.164 e. The Morgan fingerprint density at radius 1 is 0.806 bits per heavy atom. The summed E-state index contributed by atoms with van der Waals surface area (Å²) in [5, 5.41) is 26.8. The van der Waals surface area contributed by atoms with E-state index in [2.05, 4.69) is 51.9 Å². The van der Waals surface area contributed by atoms with E-state index in [1.807, 2.05) is 50.0 Å². The summed E-state index contributed by atoms with van der Waals surface area (Å²) in [6.07, 6.45) is 2.56. The van der Waals surface area contributed by atoms with Crippen molar-refractivity contribution in [2.45, 2.75) is 64.0 Å². The van der Waals surface area contributed by atoms with Gasteiger partial charge in [-0.05, 0) is 11.1 Å². The minimum atomic E-state index is -1.33. The molecular weight excluding hydrogens is 464 g/mol. The van der Waals surface area contributed by atoms with Gasteiger partial charge in [0.25, 0.3) is 0 Å². The Hall–Kier alpha value is -2.81. The van der Waals surface area contributed by atoms with Crippen LogP contribution in [-0.4, -0.2) is 60.5 Å². The highest BCUT2D eigenvalue weighted by molar-refractivity contribution is 6.83. The molecule has 2 heterocycles. The van der Waals surface area contributed by atoms with Crippen molar-refractivity contribution in [2.75, 3.05) is 26.2 Å². The lowest BCUT2D eigenvalue weighted by Crippen LogP contribution is -2.43. The lowest BCUT2D eigenvalue weighted by atomic mass is 9.93. The number of carbonyl (C=O) groups excluding carboxylic acids is 1. The number of aliphatic hydroxyl groups is 1. The van der Waals surface area contributed by atoms with Crippen molar-refractivity contribution in [2.24, 2.45) is 0 Å². The summed E-state index contributed by atoms with van der Waals surface area (Å²) < 4.78 is 0. The number of rotatable bonds is 4. The standard InChI is InChI=1S/C13H16N2O.C12H15NO.C4H9NSi/c14-11-13(16)6-8-15(9-7-13)10-12-4-2-1-3-5-12;14-12-6-8-13(9-7-12)10-11-4-2-1-3-5-11;1-6(2,3)4-5/h1-5,16H,6-10H2;1-5H,6-10H2;1-3H3. The van der Waals surface area contributed by atoms with Crippen LogP contribution in [0.3, 0.4) is 0 Å². The Kier molecular flexibility index (Phi) is 12.0. The number of ketones is 1. The van der Waals surface area contributed by atoms with Gasteiger partial charge in [-0.3, -0.25) is 14.6 Å². The lowest BCUT2D eigenvalue weighted by Gasteiger charge is -2.33. The minimum absolute atomic E-state index is 0.411. The molecule has 1 N–H and O–H groups in total. The Morgan fingerprint density at radius 3 is 1.56 bits per heavy atom. The van der Waals surface area contributed by atoms with Crippen molar-refractivity contribution < 1.29 is 9.90 Å². The summed E-state index contributed by atoms with van der Waals surface area (Å²) in [6.45, 7) is 11.4. The van der Waals surface area contributed by atoms with Crippen LogP contribution in [0.5, 0.6) is 0 Å². The Balaban J connectivity index is 0.000000209. The van der Waals surface area contributed by atoms with Crippen molar-refractivity contribution in [3.05, 3.63) is 71.8 Å². The highest BCUT2D eigenvalue weighted by Gasteiger charge is 2.31. The third kappa shape index (κ3) is 11.7. The summed E-state index contributed by atoms with van der Waals surface area (Å²) in [7, 11) is -1.33. The molecule has 4 rings (SSSR count). The Labute approximate surface area is 217 Å². The zero-order valence-electron chi connectivity index (χ0n) is 22.0. The van der Waals surface area contributed by atoms with E-state index in [-0.39, 0.29) is 0 Å². The first-order valence-electron chi connectivity index (χ1n) is 12.7. The molecule has 0 unspecified atom stereocenters. The summed E-state index contributed by atoms with van der Waals surface area (Å²) in [5.74, 6) is 0.411. The Bertz CT molecular complexity index is 992. The molecule has 0 amide bonds. The van der Waals surface area contributed by atoms with Crippen molar-refractivity contribution in [3.63, 3.8) is 0 Å². The van der Waals surface area contributed by atoms with Crippen LogP contribution >= 0.6 is 0 Å². The van der Waals surface area contributed by atoms with E-state index in [9.17, 15) is 9.90 Å². The third-order valence-corrected chi connectivity index (χ3v) is 6.81. The van der Waals surface area contributed by atoms with E-state index in [1.165, 1.54) is 11.1 Å². The molecule has 0 spiro atoms. The van der Waals surface area contributed by atoms with Gasteiger partial charge >= 0.3 is 0 Å². The molecule has 2 saturated heterocycles. The average Bonchev–Trinajstić information content (AvgIpc) is 2.89. The molecule has 36 heavy (non-hydrogen) atoms. The fourth-order valence-corrected chi connectivity index (χ4v) is 3.84. The lowest BCUT2D eigenvalue weighted by molar-refractivity contribution is -0.121. The smallest absolute Gasteiger partial charge is 0.164 e. The van der Waals surface area contributed by atoms with Crippen molar-refractivity contribution in [1.29, 1.82) is 10.5 Å². The quantitative estimate of drug-likeness (QED) is 0.476. The second kappa shape index (κ2) is 14.7. The number of benzene rings is 2. The third-order valence-electron chi connectivity index (χ3n) is 6.14. The molecule has 0 atom stereocenters. The number of hydrogen-bond acceptors (Lipinski definition) is 6. The van der Waals surface area contributed by atoms with Gasteiger partial charge in [-0.1, -0.05) is 80.3 Å². The van der Waals surface area contributed by atoms with Gasteiger partial charge in [0.2, 0.25) is 0 Å². The van der Waals surface area contributed by atoms with Crippen LogP contribution in [0.15, 0.2) is 60.7 Å². The van der Waals surface area contributed by atoms with Crippen LogP contribution < -0.4 is 0 Å². The number of likely N-dealkylation sites (tertiary alicyclic amines) is 2. The predicted molar refractivity (Wildman–Crippen MR) is 146 cm³/mol. The highest BCUT2D eigenvalue weighted by Crippen LogP contribution is 2.22. The van der Waals surface area contributed by atoms with Crippen molar-refractivity contribution >= 4 is 13.9 Å². The van der Waals surface area contributed by atoms with Gasteiger partial charge in [0.05, 0.1) is 6.07 Å². The van der Waals surface area contributed by atoms with Gasteiger partial charge in [0, 0.05) is 70.6 Å². The summed E-state index contributed by atoms with van der Waals surface area (Å²) in [4.78, 5) is 15.7. The van der Waals surface area contributed by atoms with E-state index in [0.717, 1.165) is 52.1 Å². The van der Waals surface area contributed by atoms with E-state index in [4.69, 9.17) is 10.5 Å². The first-order valence-corrected chi connectivity index (χ1v) is 16.2. The topological polar surface area (TPSA) is 91.4 Å². The van der Waals surface area contributed by atoms with Gasteiger partial charge < -0.3 is 5.11 Å². The number of nitrogens with zero attached hydrogens (tertiary/aromatic N) is 4. The van der Waals surface area contributed by atoms with Gasteiger partial charge in [-0.15, -0.1) is 0 Å². The van der Waals surface area contributed by atoms with Gasteiger partial charge in [-0.2, -0.15) is 5.26 Å². The number of hydrogen-bond donors (Lipinski definition) is 1. The number of piperidine rings is 2. The first kappa shape index (κ1) is 29.4. The maximum absolute atomic E-state index is 11.0. The maximum atomic E-state index is 11.0. The molecule has 6 nitrogen and oxygen atoms in total. The van der Waals surface area contributed by atoms with Crippen LogP contribution in [0, 0.1) is 22.3 Å². The summed E-state index contributed by atoms with van der Waals surface area (Å²) in [5.41, 5.74) is 3.77. The molecule has 192 valence electrons. The largest absolute Gasteiger partial charge is 0.375 e. The first-order chi connectivity index (χ1) is 17.1. The number of nitriles is 2. The fraction of sp³-hybridized carbons (Fsp3) is 0.483. The Morgan fingerprint density at radius 2 is 1.19 bits per heavy atom. The molecule has 0 aromatic heterocycles. The molecule has 0 bridgehead atoms. The number of Topliss-reactive ketones (excluding diaryl/α,β-unsaturated/α-hetero) is 1. The summed E-state index contributed by atoms with van der Waals surface area (Å²) in [6, 6.07) is 22.7. The molecular formula is C29H40N4O2Si. The monoisotopic (exact) mass is 504 g/mol. The minimum Gasteiger partial charge on any atom is -0.375 e. The average molecular weight is 505 g/mol. The normalized spacial score (nSPS) is 17.9.